The number of methoxy groups -OCH3 is 1. The fourth-order valence-corrected chi connectivity index (χ4v) is 3.95. The summed E-state index contributed by atoms with van der Waals surface area (Å²) in [4.78, 5) is 10.1. The van der Waals surface area contributed by atoms with E-state index >= 15 is 0 Å². The third-order valence-corrected chi connectivity index (χ3v) is 5.29. The van der Waals surface area contributed by atoms with Gasteiger partial charge in [-0.3, -0.25) is 16.0 Å². The number of anilines is 1. The molecule has 0 bridgehead atoms. The molecule has 1 atom stereocenters. The highest BCUT2D eigenvalue weighted by molar-refractivity contribution is 7.89. The Morgan fingerprint density at radius 2 is 2.24 bits per heavy atom. The van der Waals surface area contributed by atoms with Crippen LogP contribution in [-0.2, 0) is 14.8 Å². The molecule has 0 aliphatic carbocycles. The highest BCUT2D eigenvalue weighted by Crippen LogP contribution is 2.34. The van der Waals surface area contributed by atoms with Gasteiger partial charge in [-0.25, -0.2) is 8.42 Å². The largest absolute Gasteiger partial charge is 0.380 e. The van der Waals surface area contributed by atoms with E-state index < -0.39 is 20.6 Å². The van der Waals surface area contributed by atoms with Gasteiger partial charge in [0.2, 0.25) is 10.0 Å². The first-order valence-corrected chi connectivity index (χ1v) is 7.62. The number of nitrogens with zero attached hydrogens (tertiary/aromatic N) is 2. The van der Waals surface area contributed by atoms with Crippen molar-refractivity contribution in [1.29, 1.82) is 0 Å². The number of rotatable bonds is 5. The fourth-order valence-electron chi connectivity index (χ4n) is 2.28. The number of nitro benzene ring substituents is 1. The Morgan fingerprint density at radius 3 is 2.76 bits per heavy atom. The maximum absolute atomic E-state index is 12.6. The molecular weight excluding hydrogens is 300 g/mol. The molecule has 21 heavy (non-hydrogen) atoms. The van der Waals surface area contributed by atoms with Gasteiger partial charge < -0.3 is 10.2 Å². The number of benzene rings is 1. The SMILES string of the molecule is COC1CCN(S(=O)(=O)c2cccc(NN)c2[N+](=O)[O-])C1. The smallest absolute Gasteiger partial charge is 0.313 e. The standard InChI is InChI=1S/C11H16N4O5S/c1-20-8-5-6-14(7-8)21(18,19)10-4-2-3-9(13-12)11(10)15(16)17/h2-4,8,13H,5-7,12H2,1H3. The van der Waals surface area contributed by atoms with Crippen LogP contribution in [-0.4, -0.2) is 43.9 Å². The molecule has 1 saturated heterocycles. The molecule has 0 spiro atoms. The first kappa shape index (κ1) is 15.6. The Morgan fingerprint density at radius 1 is 1.52 bits per heavy atom. The van der Waals surface area contributed by atoms with Crippen LogP contribution in [0.15, 0.2) is 23.1 Å². The van der Waals surface area contributed by atoms with E-state index in [-0.39, 0.29) is 29.8 Å². The average molecular weight is 316 g/mol. The summed E-state index contributed by atoms with van der Waals surface area (Å²) < 4.78 is 31.5. The van der Waals surface area contributed by atoms with Crippen LogP contribution in [0.5, 0.6) is 0 Å². The summed E-state index contributed by atoms with van der Waals surface area (Å²) in [6.45, 7) is 0.439. The van der Waals surface area contributed by atoms with E-state index in [1.54, 1.807) is 0 Å². The van der Waals surface area contributed by atoms with Crippen LogP contribution in [0.25, 0.3) is 0 Å². The molecule has 116 valence electrons. The van der Waals surface area contributed by atoms with Crippen molar-refractivity contribution < 1.29 is 18.1 Å². The van der Waals surface area contributed by atoms with Crippen LogP contribution in [0.3, 0.4) is 0 Å². The minimum Gasteiger partial charge on any atom is -0.380 e. The number of hydrazine groups is 1. The van der Waals surface area contributed by atoms with Gasteiger partial charge in [-0.2, -0.15) is 4.31 Å². The van der Waals surface area contributed by atoms with Gasteiger partial charge in [0.25, 0.3) is 0 Å². The van der Waals surface area contributed by atoms with Crippen molar-refractivity contribution in [2.45, 2.75) is 17.4 Å². The summed E-state index contributed by atoms with van der Waals surface area (Å²) in [6, 6.07) is 3.95. The molecule has 1 aliphatic rings. The highest BCUT2D eigenvalue weighted by atomic mass is 32.2. The van der Waals surface area contributed by atoms with Crippen LogP contribution in [0, 0.1) is 10.1 Å². The second kappa shape index (κ2) is 5.93. The van der Waals surface area contributed by atoms with E-state index in [0.717, 1.165) is 0 Å². The van der Waals surface area contributed by atoms with Crippen molar-refractivity contribution in [2.24, 2.45) is 5.84 Å². The van der Waals surface area contributed by atoms with E-state index in [1.807, 2.05) is 0 Å². The van der Waals surface area contributed by atoms with Gasteiger partial charge in [0, 0.05) is 20.2 Å². The zero-order valence-electron chi connectivity index (χ0n) is 11.4. The Hall–Kier alpha value is -1.75. The van der Waals surface area contributed by atoms with Crippen LogP contribution in [0.4, 0.5) is 11.4 Å². The number of nitrogens with two attached hydrogens (primary N) is 1. The summed E-state index contributed by atoms with van der Waals surface area (Å²) in [6.07, 6.45) is 0.355. The second-order valence-electron chi connectivity index (χ2n) is 4.56. The molecule has 3 N–H and O–H groups in total. The first-order chi connectivity index (χ1) is 9.91. The summed E-state index contributed by atoms with van der Waals surface area (Å²) in [5, 5.41) is 11.2. The van der Waals surface area contributed by atoms with Gasteiger partial charge in [0.05, 0.1) is 11.0 Å². The van der Waals surface area contributed by atoms with Crippen molar-refractivity contribution in [3.8, 4) is 0 Å². The normalized spacial score (nSPS) is 19.6. The quantitative estimate of drug-likeness (QED) is 0.454. The molecule has 1 unspecified atom stereocenters. The number of nitro groups is 1. The van der Waals surface area contributed by atoms with Crippen molar-refractivity contribution in [3.63, 3.8) is 0 Å². The van der Waals surface area contributed by atoms with Crippen molar-refractivity contribution in [3.05, 3.63) is 28.3 Å². The van der Waals surface area contributed by atoms with Crippen LogP contribution in [0.2, 0.25) is 0 Å². The summed E-state index contributed by atoms with van der Waals surface area (Å²) in [7, 11) is -2.47. The third kappa shape index (κ3) is 2.83. The Bertz CT molecular complexity index is 648. The summed E-state index contributed by atoms with van der Waals surface area (Å²) in [5.41, 5.74) is 1.54. The molecule has 1 aromatic carbocycles. The van der Waals surface area contributed by atoms with Crippen molar-refractivity contribution >= 4 is 21.4 Å². The summed E-state index contributed by atoms with van der Waals surface area (Å²) in [5.74, 6) is 5.21. The average Bonchev–Trinajstić information content (AvgIpc) is 2.95. The number of ether oxygens (including phenoxy) is 1. The van der Waals surface area contributed by atoms with Gasteiger partial charge in [-0.05, 0) is 18.6 Å². The Kier molecular flexibility index (Phi) is 4.42. The van der Waals surface area contributed by atoms with E-state index in [0.29, 0.717) is 6.42 Å². The van der Waals surface area contributed by atoms with E-state index in [4.69, 9.17) is 10.6 Å². The first-order valence-electron chi connectivity index (χ1n) is 6.18. The van der Waals surface area contributed by atoms with E-state index in [2.05, 4.69) is 5.43 Å². The lowest BCUT2D eigenvalue weighted by molar-refractivity contribution is -0.386. The molecule has 0 radical (unpaired) electrons. The number of hydrogen-bond donors (Lipinski definition) is 2. The molecule has 1 heterocycles. The summed E-state index contributed by atoms with van der Waals surface area (Å²) >= 11 is 0. The minimum absolute atomic E-state index is 0.0523. The number of nitrogens with one attached hydrogen (secondary N) is 1. The molecular formula is C11H16N4O5S. The van der Waals surface area contributed by atoms with Gasteiger partial charge in [-0.15, -0.1) is 0 Å². The Labute approximate surface area is 121 Å². The molecule has 1 aliphatic heterocycles. The molecule has 0 saturated carbocycles. The van der Waals surface area contributed by atoms with Gasteiger partial charge in [-0.1, -0.05) is 6.07 Å². The Balaban J connectivity index is 2.48. The topological polar surface area (TPSA) is 128 Å². The molecule has 9 nitrogen and oxygen atoms in total. The molecule has 1 fully saturated rings. The predicted molar refractivity (Wildman–Crippen MR) is 75.1 cm³/mol. The van der Waals surface area contributed by atoms with Gasteiger partial charge in [0.1, 0.15) is 5.69 Å². The number of nitrogen functional groups attached to an aromatic ring is 1. The number of para-hydroxylation sites is 1. The van der Waals surface area contributed by atoms with Crippen molar-refractivity contribution in [1.82, 2.24) is 4.31 Å². The zero-order chi connectivity index (χ0) is 15.6. The predicted octanol–water partition coefficient (Wildman–Crippen LogP) is 0.290. The fraction of sp³-hybridized carbons (Fsp3) is 0.455. The maximum Gasteiger partial charge on any atom is 0.313 e. The van der Waals surface area contributed by atoms with Crippen LogP contribution >= 0.6 is 0 Å². The number of sulfonamides is 1. The van der Waals surface area contributed by atoms with Gasteiger partial charge in [0.15, 0.2) is 4.90 Å². The molecule has 0 aromatic heterocycles. The molecule has 10 heteroatoms. The lowest BCUT2D eigenvalue weighted by atomic mass is 10.3. The second-order valence-corrected chi connectivity index (χ2v) is 6.47. The maximum atomic E-state index is 12.6. The molecule has 2 rings (SSSR count). The zero-order valence-corrected chi connectivity index (χ0v) is 12.2. The highest BCUT2D eigenvalue weighted by Gasteiger charge is 2.37. The van der Waals surface area contributed by atoms with Crippen LogP contribution < -0.4 is 11.3 Å². The van der Waals surface area contributed by atoms with E-state index in [9.17, 15) is 18.5 Å². The lowest BCUT2D eigenvalue weighted by Gasteiger charge is -2.17. The monoisotopic (exact) mass is 316 g/mol. The molecule has 0 amide bonds. The van der Waals surface area contributed by atoms with Gasteiger partial charge >= 0.3 is 5.69 Å². The van der Waals surface area contributed by atoms with E-state index in [1.165, 1.54) is 29.6 Å². The minimum atomic E-state index is -3.97. The molecule has 1 aromatic rings. The van der Waals surface area contributed by atoms with Crippen molar-refractivity contribution in [2.75, 3.05) is 25.6 Å². The third-order valence-electron chi connectivity index (χ3n) is 3.40. The lowest BCUT2D eigenvalue weighted by Crippen LogP contribution is -2.30. The van der Waals surface area contributed by atoms with Crippen LogP contribution in [0.1, 0.15) is 6.42 Å². The number of hydrogen-bond acceptors (Lipinski definition) is 7.